The van der Waals surface area contributed by atoms with Crippen molar-refractivity contribution in [3.63, 3.8) is 0 Å². The van der Waals surface area contributed by atoms with E-state index in [2.05, 4.69) is 79.4 Å². The molecule has 3 heterocycles. The fourth-order valence-electron chi connectivity index (χ4n) is 8.01. The first-order valence-electron chi connectivity index (χ1n) is 15.5. The van der Waals surface area contributed by atoms with E-state index in [4.69, 9.17) is 10.00 Å². The highest BCUT2D eigenvalue weighted by atomic mass is 16.6. The van der Waals surface area contributed by atoms with Gasteiger partial charge in [-0.1, -0.05) is 30.3 Å². The number of piperidine rings is 1. The van der Waals surface area contributed by atoms with E-state index in [0.717, 1.165) is 71.4 Å². The molecule has 1 aliphatic carbocycles. The van der Waals surface area contributed by atoms with Crippen LogP contribution in [0, 0.1) is 29.1 Å². The molecule has 1 N–H and O–H groups in total. The molecule has 3 atom stereocenters. The zero-order valence-electron chi connectivity index (χ0n) is 24.6. The third-order valence-electron chi connectivity index (χ3n) is 10.0. The summed E-state index contributed by atoms with van der Waals surface area (Å²) in [4.78, 5) is 21.9. The van der Waals surface area contributed by atoms with Crippen molar-refractivity contribution in [2.24, 2.45) is 17.8 Å². The minimum atomic E-state index is -0.332. The Bertz CT molecular complexity index is 1340. The molecule has 2 aliphatic heterocycles. The van der Waals surface area contributed by atoms with Crippen LogP contribution in [0.3, 0.4) is 0 Å². The number of aromatic nitrogens is 2. The first-order chi connectivity index (χ1) is 20.6. The molecular formula is C34H42N6O2. The summed E-state index contributed by atoms with van der Waals surface area (Å²) in [6.07, 6.45) is 10.7. The number of nitriles is 1. The van der Waals surface area contributed by atoms with Gasteiger partial charge in [0.15, 0.2) is 0 Å². The average molecular weight is 567 g/mol. The van der Waals surface area contributed by atoms with Crippen molar-refractivity contribution in [3.8, 4) is 6.07 Å². The lowest BCUT2D eigenvalue weighted by molar-refractivity contribution is 0.00204. The summed E-state index contributed by atoms with van der Waals surface area (Å²) in [6, 6.07) is 21.2. The maximum atomic E-state index is 12.4. The molecule has 8 heteroatoms. The summed E-state index contributed by atoms with van der Waals surface area (Å²) >= 11 is 0. The number of likely N-dealkylation sites (tertiary alicyclic amines) is 1. The van der Waals surface area contributed by atoms with E-state index in [1.54, 1.807) is 7.05 Å². The van der Waals surface area contributed by atoms with E-state index in [0.29, 0.717) is 17.4 Å². The van der Waals surface area contributed by atoms with Gasteiger partial charge in [0.1, 0.15) is 6.10 Å². The molecule has 3 aliphatic rings. The Labute approximate surface area is 249 Å². The normalized spacial score (nSPS) is 23.1. The molecular weight excluding hydrogens is 524 g/mol. The zero-order valence-corrected chi connectivity index (χ0v) is 24.6. The van der Waals surface area contributed by atoms with Crippen molar-refractivity contribution in [2.75, 3.05) is 44.7 Å². The number of hydrogen-bond acceptors (Lipinski definition) is 6. The quantitative estimate of drug-likeness (QED) is 0.390. The second kappa shape index (κ2) is 12.6. The van der Waals surface area contributed by atoms with E-state index < -0.39 is 0 Å². The van der Waals surface area contributed by atoms with E-state index in [9.17, 15) is 4.79 Å². The Kier molecular flexibility index (Phi) is 8.48. The van der Waals surface area contributed by atoms with Crippen molar-refractivity contribution >= 4 is 11.8 Å². The Morgan fingerprint density at radius 1 is 1.07 bits per heavy atom. The molecule has 0 spiro atoms. The maximum Gasteiger partial charge on any atom is 0.407 e. The van der Waals surface area contributed by atoms with Gasteiger partial charge in [0, 0.05) is 68.6 Å². The van der Waals surface area contributed by atoms with E-state index >= 15 is 0 Å². The van der Waals surface area contributed by atoms with Gasteiger partial charge in [0.25, 0.3) is 0 Å². The second-order valence-electron chi connectivity index (χ2n) is 12.4. The van der Waals surface area contributed by atoms with Gasteiger partial charge < -0.3 is 24.4 Å². The number of hydrogen-bond donors (Lipinski definition) is 1. The summed E-state index contributed by atoms with van der Waals surface area (Å²) in [6.45, 7) is 6.28. The lowest BCUT2D eigenvalue weighted by atomic mass is 9.58. The average Bonchev–Trinajstić information content (AvgIpc) is 3.71. The molecule has 2 saturated heterocycles. The van der Waals surface area contributed by atoms with E-state index in [1.807, 2.05) is 24.7 Å². The molecule has 0 bridgehead atoms. The fraction of sp³-hybridized carbons (Fsp3) is 0.500. The predicted octanol–water partition coefficient (Wildman–Crippen LogP) is 5.07. The Morgan fingerprint density at radius 2 is 1.83 bits per heavy atom. The topological polar surface area (TPSA) is 86.4 Å². The van der Waals surface area contributed by atoms with Crippen LogP contribution in [0.1, 0.15) is 43.2 Å². The molecule has 1 aromatic heterocycles. The Hall–Kier alpha value is -3.83. The molecule has 0 radical (unpaired) electrons. The van der Waals surface area contributed by atoms with Crippen molar-refractivity contribution in [1.82, 2.24) is 19.8 Å². The molecule has 1 amide bonds. The molecule has 3 fully saturated rings. The minimum absolute atomic E-state index is 0.102. The summed E-state index contributed by atoms with van der Waals surface area (Å²) in [5.41, 5.74) is 3.11. The van der Waals surface area contributed by atoms with Gasteiger partial charge in [-0.15, -0.1) is 0 Å². The minimum Gasteiger partial charge on any atom is -0.446 e. The standard InChI is InChI=1S/C34H42N6O2/c1-36-33(41)42-32-9-5-8-31(32)34(24-39-19-16-37-25-39,28-6-3-2-4-7-28)29-14-17-38(18-15-29)21-27-22-40(23-27)30-12-10-26(20-35)11-13-30/h2-4,6-7,10-13,16,19,25,27,29,31-32H,5,8-9,14-15,17-18,21-24H2,1H3,(H,36,41). The number of imidazole rings is 1. The first kappa shape index (κ1) is 28.3. The van der Waals surface area contributed by atoms with Crippen LogP contribution >= 0.6 is 0 Å². The van der Waals surface area contributed by atoms with Crippen LogP contribution in [0.15, 0.2) is 73.3 Å². The van der Waals surface area contributed by atoms with Gasteiger partial charge in [-0.3, -0.25) is 0 Å². The number of benzene rings is 2. The summed E-state index contributed by atoms with van der Waals surface area (Å²) in [5, 5.41) is 11.8. The summed E-state index contributed by atoms with van der Waals surface area (Å²) < 4.78 is 8.30. The van der Waals surface area contributed by atoms with Gasteiger partial charge in [-0.2, -0.15) is 5.26 Å². The first-order valence-corrected chi connectivity index (χ1v) is 15.5. The summed E-state index contributed by atoms with van der Waals surface area (Å²) in [7, 11) is 1.64. The number of anilines is 1. The smallest absolute Gasteiger partial charge is 0.407 e. The van der Waals surface area contributed by atoms with Crippen molar-refractivity contribution < 1.29 is 9.53 Å². The van der Waals surface area contributed by atoms with Gasteiger partial charge in [-0.25, -0.2) is 9.78 Å². The number of carbonyl (C=O) groups excluding carboxylic acids is 1. The van der Waals surface area contributed by atoms with Crippen LogP contribution in [-0.4, -0.2) is 66.4 Å². The van der Waals surface area contributed by atoms with Crippen molar-refractivity contribution in [2.45, 2.75) is 50.2 Å². The number of rotatable bonds is 9. The van der Waals surface area contributed by atoms with Crippen molar-refractivity contribution in [3.05, 3.63) is 84.4 Å². The van der Waals surface area contributed by atoms with Gasteiger partial charge in [0.2, 0.25) is 0 Å². The molecule has 2 aromatic carbocycles. The molecule has 3 unspecified atom stereocenters. The van der Waals surface area contributed by atoms with Crippen LogP contribution < -0.4 is 10.2 Å². The Balaban J connectivity index is 1.18. The van der Waals surface area contributed by atoms with Crippen LogP contribution in [0.4, 0.5) is 10.5 Å². The molecule has 6 rings (SSSR count). The van der Waals surface area contributed by atoms with Crippen molar-refractivity contribution in [1.29, 1.82) is 5.26 Å². The molecule has 220 valence electrons. The van der Waals surface area contributed by atoms with Crippen LogP contribution in [0.25, 0.3) is 0 Å². The second-order valence-corrected chi connectivity index (χ2v) is 12.4. The summed E-state index contributed by atoms with van der Waals surface area (Å²) in [5.74, 6) is 1.37. The lowest BCUT2D eigenvalue weighted by Crippen LogP contribution is -2.55. The predicted molar refractivity (Wildman–Crippen MR) is 163 cm³/mol. The van der Waals surface area contributed by atoms with Crippen LogP contribution in [0.2, 0.25) is 0 Å². The maximum absolute atomic E-state index is 12.4. The number of carbonyl (C=O) groups is 1. The SMILES string of the molecule is CNC(=O)OC1CCCC1C(Cn1ccnc1)(c1ccccc1)C1CCN(CC2CN(c3ccc(C#N)cc3)C2)CC1. The third kappa shape index (κ3) is 5.76. The van der Waals surface area contributed by atoms with Gasteiger partial charge in [-0.05, 0) is 80.9 Å². The highest BCUT2D eigenvalue weighted by Gasteiger charge is 2.53. The number of amides is 1. The largest absolute Gasteiger partial charge is 0.446 e. The molecule has 42 heavy (non-hydrogen) atoms. The zero-order chi connectivity index (χ0) is 28.9. The monoisotopic (exact) mass is 566 g/mol. The Morgan fingerprint density at radius 3 is 2.50 bits per heavy atom. The third-order valence-corrected chi connectivity index (χ3v) is 10.0. The number of nitrogens with zero attached hydrogens (tertiary/aromatic N) is 5. The number of nitrogens with one attached hydrogen (secondary N) is 1. The van der Waals surface area contributed by atoms with Crippen LogP contribution in [-0.2, 0) is 16.7 Å². The highest BCUT2D eigenvalue weighted by Crippen LogP contribution is 2.52. The fourth-order valence-corrected chi connectivity index (χ4v) is 8.01. The van der Waals surface area contributed by atoms with Gasteiger partial charge in [0.05, 0.1) is 18.0 Å². The molecule has 8 nitrogen and oxygen atoms in total. The van der Waals surface area contributed by atoms with Gasteiger partial charge >= 0.3 is 6.09 Å². The lowest BCUT2D eigenvalue weighted by Gasteiger charge is -2.51. The highest BCUT2D eigenvalue weighted by molar-refractivity contribution is 5.67. The number of alkyl carbamates (subject to hydrolysis) is 1. The van der Waals surface area contributed by atoms with Crippen LogP contribution in [0.5, 0.6) is 0 Å². The molecule has 1 saturated carbocycles. The van der Waals surface area contributed by atoms with E-state index in [1.165, 1.54) is 11.3 Å². The van der Waals surface area contributed by atoms with E-state index in [-0.39, 0.29) is 23.5 Å². The number of ether oxygens (including phenoxy) is 1. The molecule has 3 aromatic rings.